The Balaban J connectivity index is 1.70. The lowest BCUT2D eigenvalue weighted by atomic mass is 10.1. The van der Waals surface area contributed by atoms with Crippen molar-refractivity contribution in [3.8, 4) is 11.6 Å². The summed E-state index contributed by atoms with van der Waals surface area (Å²) in [5.74, 6) is -0.0433. The minimum Gasteiger partial charge on any atom is -0.464 e. The van der Waals surface area contributed by atoms with Crippen LogP contribution in [0, 0.1) is 20.8 Å². The van der Waals surface area contributed by atoms with Gasteiger partial charge in [-0.1, -0.05) is 35.9 Å². The molecule has 3 aromatic rings. The lowest BCUT2D eigenvalue weighted by Crippen LogP contribution is -2.36. The molecule has 29 heavy (non-hydrogen) atoms. The molecule has 1 atom stereocenters. The predicted molar refractivity (Wildman–Crippen MR) is 112 cm³/mol. The van der Waals surface area contributed by atoms with Crippen LogP contribution in [-0.4, -0.2) is 21.8 Å². The van der Waals surface area contributed by atoms with Crippen molar-refractivity contribution in [3.63, 3.8) is 0 Å². The van der Waals surface area contributed by atoms with Gasteiger partial charge >= 0.3 is 0 Å². The van der Waals surface area contributed by atoms with Gasteiger partial charge in [-0.25, -0.2) is 0 Å². The summed E-state index contributed by atoms with van der Waals surface area (Å²) in [7, 11) is 0. The molecule has 6 nitrogen and oxygen atoms in total. The fraction of sp³-hybridized carbons (Fsp3) is 0.261. The van der Waals surface area contributed by atoms with E-state index in [1.165, 1.54) is 16.8 Å². The topological polar surface area (TPSA) is 73.2 Å². The minimum atomic E-state index is -0.752. The standard InChI is InChI=1S/C23H25N3O3/c1-15-6-5-7-19(12-15)14-24-23(28)18(4)29-21-10-11-22(27)26(25-21)20-9-8-16(2)17(3)13-20/h5-13,18H,14H2,1-4H3,(H,24,28). The van der Waals surface area contributed by atoms with Crippen molar-refractivity contribution in [2.24, 2.45) is 0 Å². The number of amides is 1. The number of hydrogen-bond donors (Lipinski definition) is 1. The van der Waals surface area contributed by atoms with Crippen LogP contribution in [0.1, 0.15) is 29.2 Å². The number of hydrogen-bond acceptors (Lipinski definition) is 4. The first-order valence-corrected chi connectivity index (χ1v) is 9.51. The van der Waals surface area contributed by atoms with Gasteiger partial charge in [0.1, 0.15) is 0 Å². The van der Waals surface area contributed by atoms with E-state index in [-0.39, 0.29) is 17.3 Å². The van der Waals surface area contributed by atoms with E-state index in [1.807, 2.05) is 63.2 Å². The summed E-state index contributed by atoms with van der Waals surface area (Å²) in [5.41, 5.74) is 4.74. The monoisotopic (exact) mass is 391 g/mol. The highest BCUT2D eigenvalue weighted by Gasteiger charge is 2.16. The van der Waals surface area contributed by atoms with Crippen LogP contribution in [0.4, 0.5) is 0 Å². The Morgan fingerprint density at radius 2 is 1.86 bits per heavy atom. The van der Waals surface area contributed by atoms with Crippen molar-refractivity contribution in [3.05, 3.63) is 87.2 Å². The van der Waals surface area contributed by atoms with Gasteiger partial charge in [-0.05, 0) is 56.5 Å². The highest BCUT2D eigenvalue weighted by Crippen LogP contribution is 2.14. The van der Waals surface area contributed by atoms with Gasteiger partial charge in [0.25, 0.3) is 11.5 Å². The van der Waals surface area contributed by atoms with E-state index in [0.717, 1.165) is 22.3 Å². The Hall–Kier alpha value is -3.41. The van der Waals surface area contributed by atoms with Crippen molar-refractivity contribution >= 4 is 5.91 Å². The Bertz CT molecular complexity index is 1090. The van der Waals surface area contributed by atoms with E-state index < -0.39 is 6.10 Å². The molecule has 1 heterocycles. The third-order valence-electron chi connectivity index (χ3n) is 4.73. The van der Waals surface area contributed by atoms with E-state index >= 15 is 0 Å². The molecule has 0 aliphatic carbocycles. The number of rotatable bonds is 6. The molecule has 0 aliphatic rings. The lowest BCUT2D eigenvalue weighted by molar-refractivity contribution is -0.127. The second kappa shape index (κ2) is 8.73. The van der Waals surface area contributed by atoms with Crippen LogP contribution in [0.25, 0.3) is 5.69 Å². The molecule has 0 aliphatic heterocycles. The van der Waals surface area contributed by atoms with Crippen molar-refractivity contribution in [2.45, 2.75) is 40.3 Å². The third-order valence-corrected chi connectivity index (χ3v) is 4.73. The van der Waals surface area contributed by atoms with Gasteiger partial charge in [0.15, 0.2) is 6.10 Å². The largest absolute Gasteiger partial charge is 0.464 e. The summed E-state index contributed by atoms with van der Waals surface area (Å²) in [6, 6.07) is 16.5. The van der Waals surface area contributed by atoms with Crippen LogP contribution in [0.5, 0.6) is 5.88 Å². The van der Waals surface area contributed by atoms with Gasteiger partial charge in [0.2, 0.25) is 5.88 Å². The summed E-state index contributed by atoms with van der Waals surface area (Å²) < 4.78 is 6.95. The maximum atomic E-state index is 12.4. The molecule has 1 amide bonds. The molecule has 150 valence electrons. The fourth-order valence-corrected chi connectivity index (χ4v) is 2.89. The molecule has 3 rings (SSSR count). The zero-order valence-corrected chi connectivity index (χ0v) is 17.1. The van der Waals surface area contributed by atoms with E-state index in [4.69, 9.17) is 4.74 Å². The van der Waals surface area contributed by atoms with Gasteiger partial charge in [0.05, 0.1) is 5.69 Å². The van der Waals surface area contributed by atoms with Gasteiger partial charge in [-0.3, -0.25) is 9.59 Å². The number of nitrogens with one attached hydrogen (secondary N) is 1. The molecule has 0 spiro atoms. The molecule has 0 radical (unpaired) electrons. The van der Waals surface area contributed by atoms with E-state index in [1.54, 1.807) is 6.92 Å². The highest BCUT2D eigenvalue weighted by atomic mass is 16.5. The molecule has 1 aromatic heterocycles. The molecule has 0 saturated carbocycles. The predicted octanol–water partition coefficient (Wildman–Crippen LogP) is 3.24. The van der Waals surface area contributed by atoms with Crippen LogP contribution in [0.3, 0.4) is 0 Å². The van der Waals surface area contributed by atoms with Crippen LogP contribution < -0.4 is 15.6 Å². The molecule has 1 N–H and O–H groups in total. The van der Waals surface area contributed by atoms with Crippen molar-refractivity contribution in [2.75, 3.05) is 0 Å². The molecular weight excluding hydrogens is 366 g/mol. The smallest absolute Gasteiger partial charge is 0.271 e. The summed E-state index contributed by atoms with van der Waals surface area (Å²) in [5, 5.41) is 7.12. The second-order valence-corrected chi connectivity index (χ2v) is 7.16. The van der Waals surface area contributed by atoms with Crippen LogP contribution in [0.2, 0.25) is 0 Å². The van der Waals surface area contributed by atoms with Crippen molar-refractivity contribution in [1.82, 2.24) is 15.1 Å². The first kappa shape index (κ1) is 20.3. The van der Waals surface area contributed by atoms with Crippen LogP contribution in [-0.2, 0) is 11.3 Å². The van der Waals surface area contributed by atoms with E-state index in [2.05, 4.69) is 10.4 Å². The van der Waals surface area contributed by atoms with Gasteiger partial charge in [-0.2, -0.15) is 4.68 Å². The molecule has 0 saturated heterocycles. The second-order valence-electron chi connectivity index (χ2n) is 7.16. The minimum absolute atomic E-state index is 0.209. The zero-order chi connectivity index (χ0) is 21.0. The molecule has 6 heteroatoms. The zero-order valence-electron chi connectivity index (χ0n) is 17.1. The first-order valence-electron chi connectivity index (χ1n) is 9.51. The van der Waals surface area contributed by atoms with Gasteiger partial charge in [0, 0.05) is 18.7 Å². The number of ether oxygens (including phenoxy) is 1. The van der Waals surface area contributed by atoms with Crippen molar-refractivity contribution in [1.29, 1.82) is 0 Å². The molecule has 0 fully saturated rings. The third kappa shape index (κ3) is 5.10. The quantitative estimate of drug-likeness (QED) is 0.700. The fourth-order valence-electron chi connectivity index (χ4n) is 2.89. The molecule has 1 unspecified atom stereocenters. The van der Waals surface area contributed by atoms with Crippen LogP contribution in [0.15, 0.2) is 59.4 Å². The number of carbonyl (C=O) groups is 1. The lowest BCUT2D eigenvalue weighted by Gasteiger charge is -2.15. The average Bonchev–Trinajstić information content (AvgIpc) is 2.69. The summed E-state index contributed by atoms with van der Waals surface area (Å²) in [6.45, 7) is 8.06. The Morgan fingerprint density at radius 3 is 2.59 bits per heavy atom. The van der Waals surface area contributed by atoms with E-state index in [0.29, 0.717) is 12.2 Å². The number of aromatic nitrogens is 2. The maximum Gasteiger partial charge on any atom is 0.271 e. The summed E-state index contributed by atoms with van der Waals surface area (Å²) in [4.78, 5) is 24.6. The normalized spacial score (nSPS) is 11.7. The SMILES string of the molecule is Cc1cccc(CNC(=O)C(C)Oc2ccc(=O)n(-c3ccc(C)c(C)c3)n2)c1. The summed E-state index contributed by atoms with van der Waals surface area (Å²) >= 11 is 0. The molecular formula is C23H25N3O3. The highest BCUT2D eigenvalue weighted by molar-refractivity contribution is 5.80. The molecule has 0 bridgehead atoms. The number of carbonyl (C=O) groups excluding carboxylic acids is 1. The summed E-state index contributed by atoms with van der Waals surface area (Å²) in [6.07, 6.45) is -0.752. The first-order chi connectivity index (χ1) is 13.8. The maximum absolute atomic E-state index is 12.4. The van der Waals surface area contributed by atoms with Crippen LogP contribution >= 0.6 is 0 Å². The van der Waals surface area contributed by atoms with Gasteiger partial charge < -0.3 is 10.1 Å². The number of aryl methyl sites for hydroxylation is 3. The number of nitrogens with zero attached hydrogens (tertiary/aromatic N) is 2. The number of benzene rings is 2. The Kier molecular flexibility index (Phi) is 6.12. The Morgan fingerprint density at radius 1 is 1.07 bits per heavy atom. The van der Waals surface area contributed by atoms with Gasteiger partial charge in [-0.15, -0.1) is 5.10 Å². The van der Waals surface area contributed by atoms with Crippen molar-refractivity contribution < 1.29 is 9.53 Å². The Labute approximate surface area is 170 Å². The van der Waals surface area contributed by atoms with E-state index in [9.17, 15) is 9.59 Å². The average molecular weight is 391 g/mol. The molecule has 2 aromatic carbocycles.